The molecule has 21 heavy (non-hydrogen) atoms. The molecule has 0 saturated heterocycles. The van der Waals surface area contributed by atoms with Crippen molar-refractivity contribution in [1.29, 1.82) is 0 Å². The highest BCUT2D eigenvalue weighted by molar-refractivity contribution is 5.76. The SMILES string of the molecule is CCCCCOc1ccc([C@@H](CC(N)=O)CC(=O)[O-])cc1. The monoisotopic (exact) mass is 292 g/mol. The summed E-state index contributed by atoms with van der Waals surface area (Å²) in [5, 5.41) is 10.7. The molecule has 0 heterocycles. The van der Waals surface area contributed by atoms with Gasteiger partial charge in [-0.15, -0.1) is 0 Å². The minimum atomic E-state index is -1.19. The minimum Gasteiger partial charge on any atom is -0.550 e. The molecule has 0 bridgehead atoms. The van der Waals surface area contributed by atoms with Crippen molar-refractivity contribution in [2.75, 3.05) is 6.61 Å². The van der Waals surface area contributed by atoms with Crippen molar-refractivity contribution in [2.45, 2.75) is 44.9 Å². The van der Waals surface area contributed by atoms with Crippen LogP contribution in [0.25, 0.3) is 0 Å². The average Bonchev–Trinajstić information content (AvgIpc) is 2.42. The Morgan fingerprint density at radius 2 is 1.86 bits per heavy atom. The minimum absolute atomic E-state index is 0.00924. The first-order valence-electron chi connectivity index (χ1n) is 7.23. The van der Waals surface area contributed by atoms with Crippen LogP contribution >= 0.6 is 0 Å². The molecule has 1 aromatic carbocycles. The van der Waals surface area contributed by atoms with Gasteiger partial charge in [-0.3, -0.25) is 4.79 Å². The zero-order valence-electron chi connectivity index (χ0n) is 12.3. The molecule has 1 aromatic rings. The van der Waals surface area contributed by atoms with Crippen molar-refractivity contribution in [1.82, 2.24) is 0 Å². The Morgan fingerprint density at radius 3 is 2.38 bits per heavy atom. The largest absolute Gasteiger partial charge is 0.550 e. The molecular weight excluding hydrogens is 270 g/mol. The van der Waals surface area contributed by atoms with Crippen molar-refractivity contribution < 1.29 is 19.4 Å². The number of ether oxygens (including phenoxy) is 1. The molecule has 1 rings (SSSR count). The van der Waals surface area contributed by atoms with Crippen LogP contribution in [0.2, 0.25) is 0 Å². The number of hydrogen-bond acceptors (Lipinski definition) is 4. The molecule has 0 spiro atoms. The van der Waals surface area contributed by atoms with Crippen LogP contribution in [0, 0.1) is 0 Å². The lowest BCUT2D eigenvalue weighted by molar-refractivity contribution is -0.306. The van der Waals surface area contributed by atoms with Crippen molar-refractivity contribution in [2.24, 2.45) is 5.73 Å². The van der Waals surface area contributed by atoms with Gasteiger partial charge in [0.2, 0.25) is 5.91 Å². The van der Waals surface area contributed by atoms with E-state index < -0.39 is 17.8 Å². The number of hydrogen-bond donors (Lipinski definition) is 1. The highest BCUT2D eigenvalue weighted by atomic mass is 16.5. The third-order valence-electron chi connectivity index (χ3n) is 3.23. The molecule has 0 fully saturated rings. The number of amides is 1. The Hall–Kier alpha value is -2.04. The number of primary amides is 1. The van der Waals surface area contributed by atoms with E-state index in [-0.39, 0.29) is 12.8 Å². The van der Waals surface area contributed by atoms with Crippen molar-refractivity contribution in [3.05, 3.63) is 29.8 Å². The number of carboxylic acid groups (broad SMARTS) is 1. The van der Waals surface area contributed by atoms with Crippen LogP contribution in [0.1, 0.15) is 50.5 Å². The van der Waals surface area contributed by atoms with Gasteiger partial charge in [0.1, 0.15) is 5.75 Å². The van der Waals surface area contributed by atoms with E-state index in [2.05, 4.69) is 6.92 Å². The average molecular weight is 292 g/mol. The van der Waals surface area contributed by atoms with Crippen molar-refractivity contribution in [3.8, 4) is 5.75 Å². The third-order valence-corrected chi connectivity index (χ3v) is 3.23. The first-order valence-corrected chi connectivity index (χ1v) is 7.23. The number of nitrogens with two attached hydrogens (primary N) is 1. The van der Waals surface area contributed by atoms with E-state index >= 15 is 0 Å². The molecule has 116 valence electrons. The second-order valence-electron chi connectivity index (χ2n) is 5.07. The zero-order valence-corrected chi connectivity index (χ0v) is 12.3. The summed E-state index contributed by atoms with van der Waals surface area (Å²) in [7, 11) is 0. The molecule has 0 aliphatic heterocycles. The molecule has 5 nitrogen and oxygen atoms in total. The van der Waals surface area contributed by atoms with Crippen molar-refractivity contribution in [3.63, 3.8) is 0 Å². The Balaban J connectivity index is 2.63. The van der Waals surface area contributed by atoms with Crippen molar-refractivity contribution >= 4 is 11.9 Å². The highest BCUT2D eigenvalue weighted by Gasteiger charge is 2.15. The fourth-order valence-electron chi connectivity index (χ4n) is 2.13. The van der Waals surface area contributed by atoms with Gasteiger partial charge in [0, 0.05) is 12.4 Å². The maximum Gasteiger partial charge on any atom is 0.218 e. The number of carbonyl (C=O) groups is 2. The Kier molecular flexibility index (Phi) is 7.29. The number of carbonyl (C=O) groups excluding carboxylic acids is 2. The zero-order chi connectivity index (χ0) is 15.7. The predicted molar refractivity (Wildman–Crippen MR) is 77.6 cm³/mol. The maximum absolute atomic E-state index is 11.0. The smallest absolute Gasteiger partial charge is 0.218 e. The second-order valence-corrected chi connectivity index (χ2v) is 5.07. The fraction of sp³-hybridized carbons (Fsp3) is 0.500. The molecular formula is C16H22NO4-. The molecule has 0 saturated carbocycles. The standard InChI is InChI=1S/C16H23NO4/c1-2-3-4-9-21-14-7-5-12(6-8-14)13(10-15(17)18)11-16(19)20/h5-8,13H,2-4,9-11H2,1H3,(H2,17,18)(H,19,20)/p-1/t13-/m0/s1. The number of unbranched alkanes of at least 4 members (excludes halogenated alkanes) is 2. The summed E-state index contributed by atoms with van der Waals surface area (Å²) in [5.41, 5.74) is 5.90. The molecule has 0 radical (unpaired) electrons. The van der Waals surface area contributed by atoms with Gasteiger partial charge in [-0.25, -0.2) is 0 Å². The van der Waals surface area contributed by atoms with E-state index in [4.69, 9.17) is 10.5 Å². The van der Waals surface area contributed by atoms with E-state index in [9.17, 15) is 14.7 Å². The van der Waals surface area contributed by atoms with Crippen LogP contribution in [-0.4, -0.2) is 18.5 Å². The van der Waals surface area contributed by atoms with Crippen LogP contribution in [0.3, 0.4) is 0 Å². The molecule has 0 aromatic heterocycles. The fourth-order valence-corrected chi connectivity index (χ4v) is 2.13. The summed E-state index contributed by atoms with van der Waals surface area (Å²) < 4.78 is 5.58. The normalized spacial score (nSPS) is 11.9. The summed E-state index contributed by atoms with van der Waals surface area (Å²) in [5.74, 6) is -1.44. The summed E-state index contributed by atoms with van der Waals surface area (Å²) in [4.78, 5) is 21.8. The van der Waals surface area contributed by atoms with E-state index in [0.717, 1.165) is 30.6 Å². The van der Waals surface area contributed by atoms with Crippen LogP contribution in [0.15, 0.2) is 24.3 Å². The molecule has 2 N–H and O–H groups in total. The van der Waals surface area contributed by atoms with Crippen LogP contribution in [-0.2, 0) is 9.59 Å². The van der Waals surface area contributed by atoms with Crippen LogP contribution in [0.4, 0.5) is 0 Å². The van der Waals surface area contributed by atoms with Gasteiger partial charge in [-0.2, -0.15) is 0 Å². The van der Waals surface area contributed by atoms with Crippen LogP contribution < -0.4 is 15.6 Å². The van der Waals surface area contributed by atoms with Gasteiger partial charge in [0.15, 0.2) is 0 Å². The van der Waals surface area contributed by atoms with Gasteiger partial charge in [0.25, 0.3) is 0 Å². The molecule has 5 heteroatoms. The Labute approximate surface area is 125 Å². The summed E-state index contributed by atoms with van der Waals surface area (Å²) >= 11 is 0. The van der Waals surface area contributed by atoms with Crippen LogP contribution in [0.5, 0.6) is 5.75 Å². The molecule has 0 aliphatic carbocycles. The number of rotatable bonds is 10. The highest BCUT2D eigenvalue weighted by Crippen LogP contribution is 2.25. The van der Waals surface area contributed by atoms with Gasteiger partial charge < -0.3 is 20.4 Å². The lowest BCUT2D eigenvalue weighted by atomic mass is 9.92. The predicted octanol–water partition coefficient (Wildman–Crippen LogP) is 1.35. The topological polar surface area (TPSA) is 92.5 Å². The molecule has 0 aliphatic rings. The summed E-state index contributed by atoms with van der Waals surface area (Å²) in [6, 6.07) is 7.10. The van der Waals surface area contributed by atoms with E-state index in [1.54, 1.807) is 24.3 Å². The first kappa shape index (κ1) is 17.0. The van der Waals surface area contributed by atoms with E-state index in [0.29, 0.717) is 6.61 Å². The van der Waals surface area contributed by atoms with E-state index in [1.165, 1.54) is 0 Å². The Bertz CT molecular complexity index is 440. The Morgan fingerprint density at radius 1 is 1.19 bits per heavy atom. The van der Waals surface area contributed by atoms with Gasteiger partial charge >= 0.3 is 0 Å². The maximum atomic E-state index is 11.0. The lowest BCUT2D eigenvalue weighted by Crippen LogP contribution is -2.26. The quantitative estimate of drug-likeness (QED) is 0.659. The second kappa shape index (κ2) is 9.00. The van der Waals surface area contributed by atoms with Gasteiger partial charge in [-0.1, -0.05) is 31.9 Å². The molecule has 1 amide bonds. The summed E-state index contributed by atoms with van der Waals surface area (Å²) in [6.45, 7) is 2.79. The number of carboxylic acids is 1. The van der Waals surface area contributed by atoms with Gasteiger partial charge in [-0.05, 0) is 36.5 Å². The third kappa shape index (κ3) is 6.79. The number of aliphatic carboxylic acids is 1. The summed E-state index contributed by atoms with van der Waals surface area (Å²) in [6.07, 6.45) is 3.04. The van der Waals surface area contributed by atoms with Gasteiger partial charge in [0.05, 0.1) is 6.61 Å². The molecule has 1 atom stereocenters. The lowest BCUT2D eigenvalue weighted by Gasteiger charge is -2.17. The van der Waals surface area contributed by atoms with E-state index in [1.807, 2.05) is 0 Å². The number of benzene rings is 1. The first-order chi connectivity index (χ1) is 10.0. The molecule has 0 unspecified atom stereocenters.